The summed E-state index contributed by atoms with van der Waals surface area (Å²) in [4.78, 5) is 0. The summed E-state index contributed by atoms with van der Waals surface area (Å²) in [5.74, 6) is 0.507. The molecule has 0 unspecified atom stereocenters. The van der Waals surface area contributed by atoms with E-state index in [4.69, 9.17) is 0 Å². The third-order valence-corrected chi connectivity index (χ3v) is 3.07. The van der Waals surface area contributed by atoms with Crippen LogP contribution in [0.3, 0.4) is 0 Å². The zero-order chi connectivity index (χ0) is 12.6. The van der Waals surface area contributed by atoms with Crippen molar-refractivity contribution in [1.82, 2.24) is 0 Å². The van der Waals surface area contributed by atoms with E-state index in [1.165, 1.54) is 0 Å². The summed E-state index contributed by atoms with van der Waals surface area (Å²) in [6.45, 7) is 5.78. The molecule has 2 nitrogen and oxygen atoms in total. The summed E-state index contributed by atoms with van der Waals surface area (Å²) < 4.78 is 0. The molecule has 0 aliphatic carbocycles. The number of phenolic OH excluding ortho intramolecular Hbond substituents is 2. The van der Waals surface area contributed by atoms with Gasteiger partial charge in [-0.25, -0.2) is 0 Å². The topological polar surface area (TPSA) is 40.5 Å². The van der Waals surface area contributed by atoms with Crippen molar-refractivity contribution in [1.29, 1.82) is 0 Å². The maximum atomic E-state index is 10.1. The molecule has 0 aromatic heterocycles. The molecule has 2 heteroatoms. The van der Waals surface area contributed by atoms with Crippen LogP contribution in [0.1, 0.15) is 16.7 Å². The Morgan fingerprint density at radius 3 is 2.24 bits per heavy atom. The monoisotopic (exact) mass is 228 g/mol. The van der Waals surface area contributed by atoms with Crippen molar-refractivity contribution in [2.45, 2.75) is 20.8 Å². The van der Waals surface area contributed by atoms with Gasteiger partial charge in [-0.05, 0) is 55.2 Å². The lowest BCUT2D eigenvalue weighted by Gasteiger charge is -2.10. The molecule has 0 amide bonds. The standard InChI is InChI=1S/C15H16O2/c1-9-6-12(8-13(16)7-9)14-5-4-10(2)11(3)15(14)17/h4-8,16-17H,1-3H3. The van der Waals surface area contributed by atoms with E-state index in [2.05, 4.69) is 0 Å². The van der Waals surface area contributed by atoms with Crippen LogP contribution in [-0.2, 0) is 0 Å². The van der Waals surface area contributed by atoms with E-state index in [-0.39, 0.29) is 11.5 Å². The van der Waals surface area contributed by atoms with Crippen LogP contribution in [-0.4, -0.2) is 10.2 Å². The van der Waals surface area contributed by atoms with Gasteiger partial charge in [-0.2, -0.15) is 0 Å². The van der Waals surface area contributed by atoms with Crippen LogP contribution < -0.4 is 0 Å². The Kier molecular flexibility index (Phi) is 2.80. The van der Waals surface area contributed by atoms with Crippen LogP contribution in [0.25, 0.3) is 11.1 Å². The number of aryl methyl sites for hydroxylation is 2. The number of aromatic hydroxyl groups is 2. The van der Waals surface area contributed by atoms with Crippen LogP contribution >= 0.6 is 0 Å². The Labute approximate surface area is 101 Å². The number of phenols is 2. The highest BCUT2D eigenvalue weighted by molar-refractivity contribution is 5.74. The highest BCUT2D eigenvalue weighted by Gasteiger charge is 2.09. The van der Waals surface area contributed by atoms with Gasteiger partial charge < -0.3 is 10.2 Å². The van der Waals surface area contributed by atoms with Crippen molar-refractivity contribution in [2.75, 3.05) is 0 Å². The van der Waals surface area contributed by atoms with Crippen LogP contribution in [0.4, 0.5) is 0 Å². The first-order valence-electron chi connectivity index (χ1n) is 5.59. The Hall–Kier alpha value is -1.96. The molecule has 17 heavy (non-hydrogen) atoms. The van der Waals surface area contributed by atoms with Gasteiger partial charge in [0.1, 0.15) is 11.5 Å². The molecule has 0 fully saturated rings. The minimum atomic E-state index is 0.220. The van der Waals surface area contributed by atoms with Gasteiger partial charge in [-0.1, -0.05) is 18.2 Å². The van der Waals surface area contributed by atoms with Crippen LogP contribution in [0, 0.1) is 20.8 Å². The summed E-state index contributed by atoms with van der Waals surface area (Å²) in [5, 5.41) is 19.7. The molecule has 0 saturated carbocycles. The maximum absolute atomic E-state index is 10.1. The fraction of sp³-hybridized carbons (Fsp3) is 0.200. The molecule has 0 heterocycles. The van der Waals surface area contributed by atoms with E-state index in [0.29, 0.717) is 0 Å². The van der Waals surface area contributed by atoms with Crippen LogP contribution in [0.2, 0.25) is 0 Å². The average Bonchev–Trinajstić information content (AvgIpc) is 2.24. The lowest BCUT2D eigenvalue weighted by Crippen LogP contribution is -1.87. The second kappa shape index (κ2) is 4.13. The minimum absolute atomic E-state index is 0.220. The van der Waals surface area contributed by atoms with E-state index < -0.39 is 0 Å². The fourth-order valence-corrected chi connectivity index (χ4v) is 1.95. The molecule has 0 spiro atoms. The van der Waals surface area contributed by atoms with Crippen LogP contribution in [0.5, 0.6) is 11.5 Å². The molecule has 2 rings (SSSR count). The van der Waals surface area contributed by atoms with Gasteiger partial charge in [0, 0.05) is 5.56 Å². The summed E-state index contributed by atoms with van der Waals surface area (Å²) in [5.41, 5.74) is 4.50. The van der Waals surface area contributed by atoms with Gasteiger partial charge in [0.2, 0.25) is 0 Å². The second-order valence-electron chi connectivity index (χ2n) is 4.46. The molecular weight excluding hydrogens is 212 g/mol. The van der Waals surface area contributed by atoms with Crippen molar-refractivity contribution in [3.05, 3.63) is 47.0 Å². The third-order valence-electron chi connectivity index (χ3n) is 3.07. The van der Waals surface area contributed by atoms with Crippen molar-refractivity contribution in [3.63, 3.8) is 0 Å². The molecular formula is C15H16O2. The first-order chi connectivity index (χ1) is 7.99. The summed E-state index contributed by atoms with van der Waals surface area (Å²) in [7, 11) is 0. The Morgan fingerprint density at radius 1 is 0.882 bits per heavy atom. The van der Waals surface area contributed by atoms with Crippen molar-refractivity contribution < 1.29 is 10.2 Å². The predicted octanol–water partition coefficient (Wildman–Crippen LogP) is 3.69. The zero-order valence-electron chi connectivity index (χ0n) is 10.3. The van der Waals surface area contributed by atoms with Gasteiger partial charge in [-0.15, -0.1) is 0 Å². The predicted molar refractivity (Wildman–Crippen MR) is 69.4 cm³/mol. The maximum Gasteiger partial charge on any atom is 0.126 e. The van der Waals surface area contributed by atoms with Gasteiger partial charge in [-0.3, -0.25) is 0 Å². The summed E-state index contributed by atoms with van der Waals surface area (Å²) >= 11 is 0. The molecule has 0 atom stereocenters. The normalized spacial score (nSPS) is 10.5. The lowest BCUT2D eigenvalue weighted by molar-refractivity contribution is 0.471. The van der Waals surface area contributed by atoms with Gasteiger partial charge in [0.25, 0.3) is 0 Å². The molecule has 0 saturated heterocycles. The smallest absolute Gasteiger partial charge is 0.126 e. The third kappa shape index (κ3) is 2.11. The van der Waals surface area contributed by atoms with Crippen molar-refractivity contribution >= 4 is 0 Å². The number of rotatable bonds is 1. The SMILES string of the molecule is Cc1cc(O)cc(-c2ccc(C)c(C)c2O)c1. The number of benzene rings is 2. The molecule has 88 valence electrons. The van der Waals surface area contributed by atoms with Crippen molar-refractivity contribution in [2.24, 2.45) is 0 Å². The first-order valence-corrected chi connectivity index (χ1v) is 5.59. The van der Waals surface area contributed by atoms with Crippen LogP contribution in [0.15, 0.2) is 30.3 Å². The van der Waals surface area contributed by atoms with E-state index in [1.54, 1.807) is 12.1 Å². The Balaban J connectivity index is 2.64. The summed E-state index contributed by atoms with van der Waals surface area (Å²) in [6.07, 6.45) is 0. The van der Waals surface area contributed by atoms with Crippen molar-refractivity contribution in [3.8, 4) is 22.6 Å². The van der Waals surface area contributed by atoms with Gasteiger partial charge >= 0.3 is 0 Å². The minimum Gasteiger partial charge on any atom is -0.508 e. The highest BCUT2D eigenvalue weighted by Crippen LogP contribution is 2.35. The highest BCUT2D eigenvalue weighted by atomic mass is 16.3. The molecule has 2 aromatic rings. The van der Waals surface area contributed by atoms with Gasteiger partial charge in [0.15, 0.2) is 0 Å². The first kappa shape index (κ1) is 11.5. The molecule has 2 aromatic carbocycles. The quantitative estimate of drug-likeness (QED) is 0.781. The second-order valence-corrected chi connectivity index (χ2v) is 4.46. The Morgan fingerprint density at radius 2 is 1.59 bits per heavy atom. The fourth-order valence-electron chi connectivity index (χ4n) is 1.95. The number of hydrogen-bond acceptors (Lipinski definition) is 2. The zero-order valence-corrected chi connectivity index (χ0v) is 10.3. The molecule has 2 N–H and O–H groups in total. The lowest BCUT2D eigenvalue weighted by atomic mass is 9.97. The van der Waals surface area contributed by atoms with E-state index in [9.17, 15) is 10.2 Å². The molecule has 0 bridgehead atoms. The van der Waals surface area contributed by atoms with E-state index in [1.807, 2.05) is 39.0 Å². The van der Waals surface area contributed by atoms with E-state index in [0.717, 1.165) is 27.8 Å². The largest absolute Gasteiger partial charge is 0.508 e. The average molecular weight is 228 g/mol. The van der Waals surface area contributed by atoms with E-state index >= 15 is 0 Å². The molecule has 0 radical (unpaired) electrons. The molecule has 0 aliphatic heterocycles. The molecule has 0 aliphatic rings. The Bertz CT molecular complexity index is 551. The summed E-state index contributed by atoms with van der Waals surface area (Å²) in [6, 6.07) is 9.16. The van der Waals surface area contributed by atoms with Gasteiger partial charge in [0.05, 0.1) is 0 Å². The number of hydrogen-bond donors (Lipinski definition) is 2.